The van der Waals surface area contributed by atoms with Crippen molar-refractivity contribution in [3.63, 3.8) is 0 Å². The number of rotatable bonds is 4. The number of amides is 1. The molecule has 9 heteroatoms. The van der Waals surface area contributed by atoms with Crippen LogP contribution in [0.4, 0.5) is 17.1 Å². The van der Waals surface area contributed by atoms with Gasteiger partial charge in [0.15, 0.2) is 0 Å². The zero-order valence-corrected chi connectivity index (χ0v) is 14.7. The van der Waals surface area contributed by atoms with E-state index in [1.54, 1.807) is 42.9 Å². The van der Waals surface area contributed by atoms with Crippen molar-refractivity contribution >= 4 is 23.0 Å². The number of hydrogen-bond donors (Lipinski definition) is 2. The minimum atomic E-state index is -0.664. The zero-order valence-electron chi connectivity index (χ0n) is 14.7. The van der Waals surface area contributed by atoms with Crippen LogP contribution in [0.15, 0.2) is 53.3 Å². The lowest BCUT2D eigenvalue weighted by molar-refractivity contribution is -0.383. The van der Waals surface area contributed by atoms with Gasteiger partial charge in [0, 0.05) is 18.7 Å². The van der Waals surface area contributed by atoms with Gasteiger partial charge in [0.05, 0.1) is 16.3 Å². The predicted molar refractivity (Wildman–Crippen MR) is 101 cm³/mol. The molecule has 0 spiro atoms. The summed E-state index contributed by atoms with van der Waals surface area (Å²) < 4.78 is 3.05. The number of nitro groups is 1. The van der Waals surface area contributed by atoms with E-state index in [2.05, 4.69) is 5.32 Å². The molecule has 27 heavy (non-hydrogen) atoms. The Labute approximate surface area is 153 Å². The molecule has 138 valence electrons. The summed E-state index contributed by atoms with van der Waals surface area (Å²) in [5, 5.41) is 13.6. The Morgan fingerprint density at radius 1 is 1.19 bits per heavy atom. The zero-order chi connectivity index (χ0) is 19.7. The van der Waals surface area contributed by atoms with Crippen molar-refractivity contribution < 1.29 is 9.72 Å². The third-order valence-electron chi connectivity index (χ3n) is 4.28. The van der Waals surface area contributed by atoms with Crippen LogP contribution in [-0.4, -0.2) is 20.2 Å². The van der Waals surface area contributed by atoms with Gasteiger partial charge in [0.25, 0.3) is 17.2 Å². The molecule has 3 aromatic rings. The molecule has 0 radical (unpaired) electrons. The second kappa shape index (κ2) is 6.79. The van der Waals surface area contributed by atoms with Crippen molar-refractivity contribution in [2.24, 2.45) is 7.05 Å². The van der Waals surface area contributed by atoms with Crippen molar-refractivity contribution in [1.82, 2.24) is 9.36 Å². The first-order valence-electron chi connectivity index (χ1n) is 8.00. The van der Waals surface area contributed by atoms with Gasteiger partial charge in [-0.3, -0.25) is 24.4 Å². The van der Waals surface area contributed by atoms with Crippen LogP contribution in [-0.2, 0) is 7.05 Å². The van der Waals surface area contributed by atoms with E-state index in [-0.39, 0.29) is 22.6 Å². The Morgan fingerprint density at radius 2 is 1.85 bits per heavy atom. The quantitative estimate of drug-likeness (QED) is 0.415. The van der Waals surface area contributed by atoms with Crippen LogP contribution >= 0.6 is 0 Å². The molecule has 1 amide bonds. The fraction of sp³-hybridized carbons (Fsp3) is 0.111. The summed E-state index contributed by atoms with van der Waals surface area (Å²) in [5.74, 6) is -0.635. The third-order valence-corrected chi connectivity index (χ3v) is 4.28. The average Bonchev–Trinajstić information content (AvgIpc) is 2.86. The molecule has 2 aromatic carbocycles. The fourth-order valence-corrected chi connectivity index (χ4v) is 2.74. The van der Waals surface area contributed by atoms with Gasteiger partial charge in [-0.1, -0.05) is 18.2 Å². The van der Waals surface area contributed by atoms with Gasteiger partial charge in [-0.05, 0) is 31.2 Å². The van der Waals surface area contributed by atoms with E-state index in [1.165, 1.54) is 16.8 Å². The maximum atomic E-state index is 12.8. The molecular formula is C18H17N5O4. The highest BCUT2D eigenvalue weighted by Gasteiger charge is 2.20. The van der Waals surface area contributed by atoms with Gasteiger partial charge >= 0.3 is 0 Å². The number of nitrogen functional groups attached to an aromatic ring is 1. The number of hydrogen-bond acceptors (Lipinski definition) is 5. The molecule has 0 atom stereocenters. The Kier molecular flexibility index (Phi) is 4.51. The predicted octanol–water partition coefficient (Wildman–Crippen LogP) is 2.23. The second-order valence-electron chi connectivity index (χ2n) is 5.92. The normalized spacial score (nSPS) is 10.6. The van der Waals surface area contributed by atoms with E-state index in [0.29, 0.717) is 11.4 Å². The minimum absolute atomic E-state index is 0.0322. The molecule has 0 bridgehead atoms. The standard InChI is InChI=1S/C18H17N5O4/c1-11-16(18(25)22(21(11)2)13-6-4-3-5-7-13)20-17(24)12-8-9-14(19)15(10-12)23(26)27/h3-10H,19H2,1-2H3,(H,20,24). The minimum Gasteiger partial charge on any atom is -0.393 e. The number of benzene rings is 2. The second-order valence-corrected chi connectivity index (χ2v) is 5.92. The number of nitrogens with one attached hydrogen (secondary N) is 1. The van der Waals surface area contributed by atoms with Crippen molar-refractivity contribution in [3.05, 3.63) is 80.3 Å². The molecule has 1 heterocycles. The number of nitrogens with two attached hydrogens (primary N) is 1. The van der Waals surface area contributed by atoms with Crippen LogP contribution in [0.25, 0.3) is 5.69 Å². The molecule has 0 aliphatic rings. The SMILES string of the molecule is Cc1c(NC(=O)c2ccc(N)c([N+](=O)[O-])c2)c(=O)n(-c2ccccc2)n1C. The Morgan fingerprint density at radius 3 is 2.48 bits per heavy atom. The average molecular weight is 367 g/mol. The van der Waals surface area contributed by atoms with Gasteiger partial charge in [0.1, 0.15) is 11.4 Å². The van der Waals surface area contributed by atoms with Crippen molar-refractivity contribution in [2.75, 3.05) is 11.1 Å². The van der Waals surface area contributed by atoms with Gasteiger partial charge < -0.3 is 11.1 Å². The molecule has 0 saturated carbocycles. The van der Waals surface area contributed by atoms with Gasteiger partial charge in [-0.25, -0.2) is 4.68 Å². The lowest BCUT2D eigenvalue weighted by Crippen LogP contribution is -2.23. The molecule has 0 fully saturated rings. The summed E-state index contributed by atoms with van der Waals surface area (Å²) in [4.78, 5) is 35.7. The molecule has 1 aromatic heterocycles. The molecule has 3 rings (SSSR count). The number of nitro benzene ring substituents is 1. The van der Waals surface area contributed by atoms with Crippen LogP contribution in [0.5, 0.6) is 0 Å². The molecule has 9 nitrogen and oxygen atoms in total. The fourth-order valence-electron chi connectivity index (χ4n) is 2.74. The number of para-hydroxylation sites is 1. The maximum Gasteiger partial charge on any atom is 0.295 e. The van der Waals surface area contributed by atoms with Crippen LogP contribution in [0.1, 0.15) is 16.1 Å². The lowest BCUT2D eigenvalue weighted by Gasteiger charge is -2.07. The van der Waals surface area contributed by atoms with E-state index in [9.17, 15) is 19.7 Å². The third kappa shape index (κ3) is 3.17. The highest BCUT2D eigenvalue weighted by Crippen LogP contribution is 2.23. The molecule has 0 saturated heterocycles. The van der Waals surface area contributed by atoms with Crippen LogP contribution in [0.3, 0.4) is 0 Å². The lowest BCUT2D eigenvalue weighted by atomic mass is 10.1. The summed E-state index contributed by atoms with van der Waals surface area (Å²) in [6.45, 7) is 1.70. The summed E-state index contributed by atoms with van der Waals surface area (Å²) >= 11 is 0. The van der Waals surface area contributed by atoms with Gasteiger partial charge in [0.2, 0.25) is 0 Å². The summed E-state index contributed by atoms with van der Waals surface area (Å²) in [6, 6.07) is 12.7. The first-order chi connectivity index (χ1) is 12.8. The summed E-state index contributed by atoms with van der Waals surface area (Å²) in [6.07, 6.45) is 0. The van der Waals surface area contributed by atoms with Crippen LogP contribution < -0.4 is 16.6 Å². The molecule has 0 unspecified atom stereocenters. The van der Waals surface area contributed by atoms with E-state index in [0.717, 1.165) is 6.07 Å². The van der Waals surface area contributed by atoms with E-state index in [4.69, 9.17) is 5.73 Å². The van der Waals surface area contributed by atoms with Crippen LogP contribution in [0, 0.1) is 17.0 Å². The van der Waals surface area contributed by atoms with Gasteiger partial charge in [-0.2, -0.15) is 0 Å². The summed E-state index contributed by atoms with van der Waals surface area (Å²) in [7, 11) is 1.70. The highest BCUT2D eigenvalue weighted by molar-refractivity contribution is 6.05. The van der Waals surface area contributed by atoms with Crippen molar-refractivity contribution in [1.29, 1.82) is 0 Å². The number of carbonyl (C=O) groups is 1. The number of anilines is 2. The molecule has 0 aliphatic carbocycles. The Balaban J connectivity index is 2.00. The highest BCUT2D eigenvalue weighted by atomic mass is 16.6. The Bertz CT molecular complexity index is 1100. The first kappa shape index (κ1) is 17.9. The first-order valence-corrected chi connectivity index (χ1v) is 8.00. The van der Waals surface area contributed by atoms with Crippen molar-refractivity contribution in [3.8, 4) is 5.69 Å². The Hall–Kier alpha value is -3.88. The topological polar surface area (TPSA) is 125 Å². The van der Waals surface area contributed by atoms with Gasteiger partial charge in [-0.15, -0.1) is 0 Å². The summed E-state index contributed by atoms with van der Waals surface area (Å²) in [5.41, 5.74) is 6.06. The molecular weight excluding hydrogens is 350 g/mol. The van der Waals surface area contributed by atoms with E-state index >= 15 is 0 Å². The van der Waals surface area contributed by atoms with E-state index in [1.807, 2.05) is 6.07 Å². The molecule has 3 N–H and O–H groups in total. The van der Waals surface area contributed by atoms with E-state index < -0.39 is 16.4 Å². The maximum absolute atomic E-state index is 12.8. The number of aromatic nitrogens is 2. The van der Waals surface area contributed by atoms with Crippen LogP contribution in [0.2, 0.25) is 0 Å². The number of carbonyl (C=O) groups excluding carboxylic acids is 1. The monoisotopic (exact) mass is 367 g/mol. The van der Waals surface area contributed by atoms with Crippen molar-refractivity contribution in [2.45, 2.75) is 6.92 Å². The number of nitrogens with zero attached hydrogens (tertiary/aromatic N) is 3. The molecule has 0 aliphatic heterocycles. The largest absolute Gasteiger partial charge is 0.393 e. The smallest absolute Gasteiger partial charge is 0.295 e.